The van der Waals surface area contributed by atoms with E-state index in [1.807, 2.05) is 35.9 Å². The number of imidazole rings is 1. The lowest BCUT2D eigenvalue weighted by Gasteiger charge is -2.07. The standard InChI is InChI=1S/C20H20FN3O2S/c1-13(25)22-10-9-14-7-8-15(11-16(14)21)19(26)12-27-20-23-17-5-3-4-6-18(17)24(20)2/h3-8,11H,9-10,12H2,1-2H3,(H,22,25). The lowest BCUT2D eigenvalue weighted by molar-refractivity contribution is -0.118. The molecule has 0 bridgehead atoms. The molecule has 0 fully saturated rings. The Balaban J connectivity index is 1.64. The number of hydrogen-bond donors (Lipinski definition) is 1. The molecule has 1 aromatic heterocycles. The van der Waals surface area contributed by atoms with E-state index in [1.54, 1.807) is 12.1 Å². The number of benzene rings is 2. The Morgan fingerprint density at radius 2 is 2.00 bits per heavy atom. The van der Waals surface area contributed by atoms with Crippen LogP contribution in [0.5, 0.6) is 0 Å². The summed E-state index contributed by atoms with van der Waals surface area (Å²) in [4.78, 5) is 27.8. The first-order chi connectivity index (χ1) is 13.0. The molecule has 0 aliphatic heterocycles. The summed E-state index contributed by atoms with van der Waals surface area (Å²) in [7, 11) is 1.91. The van der Waals surface area contributed by atoms with Crippen LogP contribution in [0.2, 0.25) is 0 Å². The van der Waals surface area contributed by atoms with Crippen LogP contribution >= 0.6 is 11.8 Å². The molecule has 2 aromatic carbocycles. The highest BCUT2D eigenvalue weighted by Gasteiger charge is 2.13. The van der Waals surface area contributed by atoms with E-state index in [2.05, 4.69) is 10.3 Å². The fraction of sp³-hybridized carbons (Fsp3) is 0.250. The van der Waals surface area contributed by atoms with E-state index in [9.17, 15) is 14.0 Å². The van der Waals surface area contributed by atoms with Gasteiger partial charge < -0.3 is 9.88 Å². The smallest absolute Gasteiger partial charge is 0.216 e. The first-order valence-electron chi connectivity index (χ1n) is 8.56. The van der Waals surface area contributed by atoms with Gasteiger partial charge in [-0.05, 0) is 30.2 Å². The molecule has 0 atom stereocenters. The summed E-state index contributed by atoms with van der Waals surface area (Å²) >= 11 is 1.34. The predicted octanol–water partition coefficient (Wildman–Crippen LogP) is 3.37. The maximum Gasteiger partial charge on any atom is 0.216 e. The number of carbonyl (C=O) groups is 2. The van der Waals surface area contributed by atoms with Gasteiger partial charge in [0.25, 0.3) is 0 Å². The molecule has 0 unspecified atom stereocenters. The highest BCUT2D eigenvalue weighted by Crippen LogP contribution is 2.23. The third kappa shape index (κ3) is 4.54. The van der Waals surface area contributed by atoms with Crippen molar-refractivity contribution in [3.05, 3.63) is 59.4 Å². The molecular formula is C20H20FN3O2S. The monoisotopic (exact) mass is 385 g/mol. The number of hydrogen-bond acceptors (Lipinski definition) is 4. The molecule has 5 nitrogen and oxygen atoms in total. The van der Waals surface area contributed by atoms with Crippen LogP contribution in [0.25, 0.3) is 11.0 Å². The minimum absolute atomic E-state index is 0.152. The van der Waals surface area contributed by atoms with Gasteiger partial charge in [-0.3, -0.25) is 9.59 Å². The minimum atomic E-state index is -0.432. The average Bonchev–Trinajstić information content (AvgIpc) is 2.97. The number of aryl methyl sites for hydroxylation is 1. The van der Waals surface area contributed by atoms with Crippen LogP contribution in [0, 0.1) is 5.82 Å². The Morgan fingerprint density at radius 1 is 1.22 bits per heavy atom. The van der Waals surface area contributed by atoms with Crippen molar-refractivity contribution in [3.8, 4) is 0 Å². The van der Waals surface area contributed by atoms with Crippen LogP contribution in [0.3, 0.4) is 0 Å². The molecule has 1 N–H and O–H groups in total. The summed E-state index contributed by atoms with van der Waals surface area (Å²) in [6.07, 6.45) is 0.383. The van der Waals surface area contributed by atoms with E-state index < -0.39 is 5.82 Å². The molecule has 140 valence electrons. The summed E-state index contributed by atoms with van der Waals surface area (Å²) in [5, 5.41) is 3.38. The van der Waals surface area contributed by atoms with Crippen LogP contribution < -0.4 is 5.32 Å². The van der Waals surface area contributed by atoms with Crippen LogP contribution in [-0.4, -0.2) is 33.5 Å². The summed E-state index contributed by atoms with van der Waals surface area (Å²) in [5.41, 5.74) is 2.69. The molecule has 27 heavy (non-hydrogen) atoms. The van der Waals surface area contributed by atoms with Gasteiger partial charge in [0, 0.05) is 26.1 Å². The van der Waals surface area contributed by atoms with Gasteiger partial charge in [0.1, 0.15) is 5.82 Å². The SMILES string of the molecule is CC(=O)NCCc1ccc(C(=O)CSc2nc3ccccc3n2C)cc1F. The third-order valence-electron chi connectivity index (χ3n) is 4.22. The summed E-state index contributed by atoms with van der Waals surface area (Å²) < 4.78 is 16.2. The lowest BCUT2D eigenvalue weighted by Crippen LogP contribution is -2.22. The molecule has 3 aromatic rings. The second kappa shape index (κ2) is 8.35. The van der Waals surface area contributed by atoms with Gasteiger partial charge in [0.05, 0.1) is 16.8 Å². The molecule has 0 spiro atoms. The zero-order chi connectivity index (χ0) is 19.4. The molecule has 0 saturated heterocycles. The molecular weight excluding hydrogens is 365 g/mol. The normalized spacial score (nSPS) is 10.9. The topological polar surface area (TPSA) is 64.0 Å². The zero-order valence-electron chi connectivity index (χ0n) is 15.2. The van der Waals surface area contributed by atoms with Crippen molar-refractivity contribution >= 4 is 34.5 Å². The van der Waals surface area contributed by atoms with Crippen LogP contribution in [0.4, 0.5) is 4.39 Å². The van der Waals surface area contributed by atoms with Crippen molar-refractivity contribution in [2.24, 2.45) is 7.05 Å². The van der Waals surface area contributed by atoms with Gasteiger partial charge in [-0.1, -0.05) is 36.0 Å². The predicted molar refractivity (Wildman–Crippen MR) is 105 cm³/mol. The maximum atomic E-state index is 14.2. The van der Waals surface area contributed by atoms with E-state index in [1.165, 1.54) is 24.8 Å². The van der Waals surface area contributed by atoms with Crippen molar-refractivity contribution in [3.63, 3.8) is 0 Å². The van der Waals surface area contributed by atoms with Crippen molar-refractivity contribution in [1.82, 2.24) is 14.9 Å². The fourth-order valence-electron chi connectivity index (χ4n) is 2.76. The Morgan fingerprint density at radius 3 is 2.70 bits per heavy atom. The Hall–Kier alpha value is -2.67. The second-order valence-corrected chi connectivity index (χ2v) is 7.14. The van der Waals surface area contributed by atoms with Gasteiger partial charge in [-0.15, -0.1) is 0 Å². The van der Waals surface area contributed by atoms with Crippen LogP contribution in [-0.2, 0) is 18.3 Å². The first kappa shape index (κ1) is 19.1. The van der Waals surface area contributed by atoms with Crippen LogP contribution in [0.15, 0.2) is 47.6 Å². The van der Waals surface area contributed by atoms with Crippen molar-refractivity contribution < 1.29 is 14.0 Å². The van der Waals surface area contributed by atoms with E-state index >= 15 is 0 Å². The molecule has 7 heteroatoms. The number of nitrogens with one attached hydrogen (secondary N) is 1. The fourth-order valence-corrected chi connectivity index (χ4v) is 3.64. The molecule has 0 aliphatic carbocycles. The highest BCUT2D eigenvalue weighted by molar-refractivity contribution is 7.99. The van der Waals surface area contributed by atoms with E-state index in [-0.39, 0.29) is 17.4 Å². The summed E-state index contributed by atoms with van der Waals surface area (Å²) in [6.45, 7) is 1.78. The largest absolute Gasteiger partial charge is 0.356 e. The minimum Gasteiger partial charge on any atom is -0.356 e. The number of rotatable bonds is 7. The van der Waals surface area contributed by atoms with Gasteiger partial charge in [0.2, 0.25) is 5.91 Å². The van der Waals surface area contributed by atoms with Gasteiger partial charge in [-0.2, -0.15) is 0 Å². The number of halogens is 1. The molecule has 0 saturated carbocycles. The highest BCUT2D eigenvalue weighted by atomic mass is 32.2. The number of carbonyl (C=O) groups excluding carboxylic acids is 2. The number of thioether (sulfide) groups is 1. The summed E-state index contributed by atoms with van der Waals surface area (Å²) in [6, 6.07) is 12.3. The maximum absolute atomic E-state index is 14.2. The Bertz CT molecular complexity index is 1000. The third-order valence-corrected chi connectivity index (χ3v) is 5.25. The van der Waals surface area contributed by atoms with E-state index in [4.69, 9.17) is 0 Å². The molecule has 0 radical (unpaired) electrons. The number of nitrogens with zero attached hydrogens (tertiary/aromatic N) is 2. The number of amides is 1. The molecule has 1 heterocycles. The number of Topliss-reactive ketones (excluding diaryl/α,β-unsaturated/α-hetero) is 1. The first-order valence-corrected chi connectivity index (χ1v) is 9.54. The van der Waals surface area contributed by atoms with E-state index in [0.717, 1.165) is 16.2 Å². The lowest BCUT2D eigenvalue weighted by atomic mass is 10.1. The number of ketones is 1. The summed E-state index contributed by atoms with van der Waals surface area (Å²) in [5.74, 6) is -0.554. The molecule has 1 amide bonds. The second-order valence-electron chi connectivity index (χ2n) is 6.19. The van der Waals surface area contributed by atoms with Crippen molar-refractivity contribution in [2.75, 3.05) is 12.3 Å². The van der Waals surface area contributed by atoms with Gasteiger partial charge >= 0.3 is 0 Å². The molecule has 0 aliphatic rings. The van der Waals surface area contributed by atoms with Crippen molar-refractivity contribution in [2.45, 2.75) is 18.5 Å². The quantitative estimate of drug-likeness (QED) is 0.500. The van der Waals surface area contributed by atoms with Gasteiger partial charge in [0.15, 0.2) is 10.9 Å². The van der Waals surface area contributed by atoms with Gasteiger partial charge in [-0.25, -0.2) is 9.37 Å². The average molecular weight is 385 g/mol. The Labute approximate surface area is 161 Å². The number of fused-ring (bicyclic) bond motifs is 1. The molecule has 3 rings (SSSR count). The van der Waals surface area contributed by atoms with Crippen LogP contribution in [0.1, 0.15) is 22.8 Å². The zero-order valence-corrected chi connectivity index (χ0v) is 16.0. The number of para-hydroxylation sites is 2. The van der Waals surface area contributed by atoms with E-state index in [0.29, 0.717) is 24.1 Å². The van der Waals surface area contributed by atoms with Crippen molar-refractivity contribution in [1.29, 1.82) is 0 Å². The Kier molecular flexibility index (Phi) is 5.91. The number of aromatic nitrogens is 2.